The van der Waals surface area contributed by atoms with E-state index >= 15 is 0 Å². The third-order valence-corrected chi connectivity index (χ3v) is 4.41. The molecule has 0 aromatic carbocycles. The molecule has 1 aliphatic rings. The maximum Gasteiger partial charge on any atom is 0.327 e. The van der Waals surface area contributed by atoms with Gasteiger partial charge in [-0.3, -0.25) is 4.79 Å². The highest BCUT2D eigenvalue weighted by atomic mass is 32.2. The van der Waals surface area contributed by atoms with Gasteiger partial charge in [0.05, 0.1) is 10.9 Å². The van der Waals surface area contributed by atoms with Gasteiger partial charge in [0, 0.05) is 26.0 Å². The predicted octanol–water partition coefficient (Wildman–Crippen LogP) is 1.14. The first-order valence-corrected chi connectivity index (χ1v) is 7.27. The Morgan fingerprint density at radius 2 is 2.15 bits per heavy atom. The van der Waals surface area contributed by atoms with E-state index in [1.807, 2.05) is 25.9 Å². The SMILES string of the molecule is CC1SCC(C(=O)O)N1C(=O)c1ccc(N(C)C)nc1. The molecule has 1 fully saturated rings. The van der Waals surface area contributed by atoms with Gasteiger partial charge in [-0.1, -0.05) is 0 Å². The monoisotopic (exact) mass is 295 g/mol. The number of nitrogens with zero attached hydrogens (tertiary/aromatic N) is 3. The van der Waals surface area contributed by atoms with E-state index in [9.17, 15) is 14.7 Å². The summed E-state index contributed by atoms with van der Waals surface area (Å²) in [4.78, 5) is 31.1. The van der Waals surface area contributed by atoms with Crippen molar-refractivity contribution in [3.8, 4) is 0 Å². The Balaban J connectivity index is 2.23. The van der Waals surface area contributed by atoms with Crippen LogP contribution in [0.1, 0.15) is 17.3 Å². The number of pyridine rings is 1. The van der Waals surface area contributed by atoms with Gasteiger partial charge in [-0.25, -0.2) is 9.78 Å². The second-order valence-electron chi connectivity index (χ2n) is 4.80. The summed E-state index contributed by atoms with van der Waals surface area (Å²) in [6.45, 7) is 1.84. The molecule has 0 aliphatic carbocycles. The van der Waals surface area contributed by atoms with E-state index in [-0.39, 0.29) is 11.3 Å². The third kappa shape index (κ3) is 2.72. The van der Waals surface area contributed by atoms with Crippen molar-refractivity contribution >= 4 is 29.5 Å². The molecule has 2 unspecified atom stereocenters. The Labute approximate surface area is 121 Å². The van der Waals surface area contributed by atoms with Crippen LogP contribution in [0.15, 0.2) is 18.3 Å². The van der Waals surface area contributed by atoms with Gasteiger partial charge in [-0.05, 0) is 19.1 Å². The van der Waals surface area contributed by atoms with E-state index in [1.165, 1.54) is 22.9 Å². The Hall–Kier alpha value is -1.76. The summed E-state index contributed by atoms with van der Waals surface area (Å²) < 4.78 is 0. The summed E-state index contributed by atoms with van der Waals surface area (Å²) in [6.07, 6.45) is 1.49. The number of rotatable bonds is 3. The lowest BCUT2D eigenvalue weighted by Crippen LogP contribution is -2.44. The second-order valence-corrected chi connectivity index (χ2v) is 6.15. The molecule has 0 bridgehead atoms. The molecule has 1 N–H and O–H groups in total. The summed E-state index contributed by atoms with van der Waals surface area (Å²) in [7, 11) is 3.73. The topological polar surface area (TPSA) is 73.7 Å². The number of aliphatic carboxylic acids is 1. The van der Waals surface area contributed by atoms with E-state index in [0.717, 1.165) is 5.82 Å². The maximum atomic E-state index is 12.4. The van der Waals surface area contributed by atoms with Gasteiger partial charge in [0.15, 0.2) is 0 Å². The fourth-order valence-electron chi connectivity index (χ4n) is 2.07. The molecule has 0 spiro atoms. The Morgan fingerprint density at radius 3 is 2.65 bits per heavy atom. The first-order valence-electron chi connectivity index (χ1n) is 6.22. The van der Waals surface area contributed by atoms with Gasteiger partial charge in [-0.15, -0.1) is 11.8 Å². The molecule has 2 heterocycles. The number of carboxylic acids is 1. The summed E-state index contributed by atoms with van der Waals surface area (Å²) in [5.74, 6) is -0.0770. The number of carboxylic acid groups (broad SMARTS) is 1. The zero-order chi connectivity index (χ0) is 14.9. The molecule has 0 saturated carbocycles. The number of anilines is 1. The number of aromatic nitrogens is 1. The zero-order valence-electron chi connectivity index (χ0n) is 11.6. The van der Waals surface area contributed by atoms with E-state index in [1.54, 1.807) is 12.1 Å². The molecule has 1 amide bonds. The number of carbonyl (C=O) groups excluding carboxylic acids is 1. The van der Waals surface area contributed by atoms with Crippen molar-refractivity contribution in [1.82, 2.24) is 9.88 Å². The largest absolute Gasteiger partial charge is 0.480 e. The fraction of sp³-hybridized carbons (Fsp3) is 0.462. The first-order chi connectivity index (χ1) is 9.41. The molecule has 2 atom stereocenters. The maximum absolute atomic E-state index is 12.4. The van der Waals surface area contributed by atoms with Crippen molar-refractivity contribution in [3.63, 3.8) is 0 Å². The summed E-state index contributed by atoms with van der Waals surface area (Å²) in [6, 6.07) is 2.66. The van der Waals surface area contributed by atoms with Crippen LogP contribution >= 0.6 is 11.8 Å². The molecule has 6 nitrogen and oxygen atoms in total. The third-order valence-electron chi connectivity index (χ3n) is 3.20. The smallest absolute Gasteiger partial charge is 0.327 e. The van der Waals surface area contributed by atoms with Gasteiger partial charge < -0.3 is 14.9 Å². The molecule has 2 rings (SSSR count). The van der Waals surface area contributed by atoms with Crippen molar-refractivity contribution in [2.45, 2.75) is 18.3 Å². The average Bonchev–Trinajstić information content (AvgIpc) is 2.80. The molecule has 1 aliphatic heterocycles. The van der Waals surface area contributed by atoms with E-state index in [0.29, 0.717) is 11.3 Å². The highest BCUT2D eigenvalue weighted by Gasteiger charge is 2.39. The van der Waals surface area contributed by atoms with Crippen molar-refractivity contribution in [1.29, 1.82) is 0 Å². The number of thioether (sulfide) groups is 1. The Bertz CT molecular complexity index is 518. The fourth-order valence-corrected chi connectivity index (χ4v) is 3.23. The quantitative estimate of drug-likeness (QED) is 0.901. The number of hydrogen-bond donors (Lipinski definition) is 1. The predicted molar refractivity (Wildman–Crippen MR) is 78.1 cm³/mol. The highest BCUT2D eigenvalue weighted by Crippen LogP contribution is 2.30. The normalized spacial score (nSPS) is 21.9. The lowest BCUT2D eigenvalue weighted by Gasteiger charge is -2.25. The molecule has 0 radical (unpaired) electrons. The zero-order valence-corrected chi connectivity index (χ0v) is 12.4. The Morgan fingerprint density at radius 1 is 1.45 bits per heavy atom. The van der Waals surface area contributed by atoms with Crippen molar-refractivity contribution < 1.29 is 14.7 Å². The van der Waals surface area contributed by atoms with Crippen molar-refractivity contribution in [2.75, 3.05) is 24.7 Å². The molecule has 1 aromatic heterocycles. The van der Waals surface area contributed by atoms with E-state index in [2.05, 4.69) is 4.98 Å². The standard InChI is InChI=1S/C13H17N3O3S/c1-8-16(10(7-20-8)13(18)19)12(17)9-4-5-11(14-6-9)15(2)3/h4-6,8,10H,7H2,1-3H3,(H,18,19). The first kappa shape index (κ1) is 14.6. The summed E-state index contributed by atoms with van der Waals surface area (Å²) >= 11 is 1.47. The van der Waals surface area contributed by atoms with Gasteiger partial charge in [0.25, 0.3) is 5.91 Å². The minimum absolute atomic E-state index is 0.142. The van der Waals surface area contributed by atoms with Crippen LogP contribution in [0.4, 0.5) is 5.82 Å². The van der Waals surface area contributed by atoms with Crippen molar-refractivity contribution in [2.24, 2.45) is 0 Å². The van der Waals surface area contributed by atoms with Gasteiger partial charge >= 0.3 is 5.97 Å². The number of carbonyl (C=O) groups is 2. The summed E-state index contributed by atoms with van der Waals surface area (Å²) in [5.41, 5.74) is 0.413. The molecule has 20 heavy (non-hydrogen) atoms. The van der Waals surface area contributed by atoms with Crippen LogP contribution in [0.25, 0.3) is 0 Å². The average molecular weight is 295 g/mol. The minimum Gasteiger partial charge on any atom is -0.480 e. The van der Waals surface area contributed by atoms with Crippen LogP contribution in [0, 0.1) is 0 Å². The number of amides is 1. The minimum atomic E-state index is -0.965. The van der Waals surface area contributed by atoms with Crippen LogP contribution in [0.3, 0.4) is 0 Å². The molecular weight excluding hydrogens is 278 g/mol. The number of hydrogen-bond acceptors (Lipinski definition) is 5. The van der Waals surface area contributed by atoms with E-state index in [4.69, 9.17) is 0 Å². The van der Waals surface area contributed by atoms with Gasteiger partial charge in [0.1, 0.15) is 11.9 Å². The van der Waals surface area contributed by atoms with Crippen LogP contribution in [0.2, 0.25) is 0 Å². The van der Waals surface area contributed by atoms with Crippen LogP contribution in [-0.2, 0) is 4.79 Å². The second kappa shape index (κ2) is 5.70. The van der Waals surface area contributed by atoms with E-state index < -0.39 is 12.0 Å². The Kier molecular flexibility index (Phi) is 4.17. The summed E-state index contributed by atoms with van der Waals surface area (Å²) in [5, 5.41) is 9.04. The molecular formula is C13H17N3O3S. The highest BCUT2D eigenvalue weighted by molar-refractivity contribution is 8.00. The lowest BCUT2D eigenvalue weighted by atomic mass is 10.2. The molecule has 7 heteroatoms. The van der Waals surface area contributed by atoms with Crippen LogP contribution < -0.4 is 4.90 Å². The molecule has 1 aromatic rings. The molecule has 1 saturated heterocycles. The molecule has 108 valence electrons. The van der Waals surface area contributed by atoms with Crippen molar-refractivity contribution in [3.05, 3.63) is 23.9 Å². The van der Waals surface area contributed by atoms with Crippen LogP contribution in [-0.4, -0.2) is 58.1 Å². The van der Waals surface area contributed by atoms with Gasteiger partial charge in [-0.2, -0.15) is 0 Å². The lowest BCUT2D eigenvalue weighted by molar-refractivity contribution is -0.141. The van der Waals surface area contributed by atoms with Gasteiger partial charge in [0.2, 0.25) is 0 Å². The van der Waals surface area contributed by atoms with Crippen LogP contribution in [0.5, 0.6) is 0 Å².